The van der Waals surface area contributed by atoms with Crippen molar-refractivity contribution in [2.24, 2.45) is 5.92 Å². The van der Waals surface area contributed by atoms with Crippen LogP contribution in [0.4, 0.5) is 13.2 Å². The van der Waals surface area contributed by atoms with Crippen LogP contribution in [0.2, 0.25) is 0 Å². The molecule has 30 heavy (non-hydrogen) atoms. The molecule has 0 saturated carbocycles. The van der Waals surface area contributed by atoms with Crippen LogP contribution in [0.25, 0.3) is 0 Å². The number of carbonyl (C=O) groups excluding carboxylic acids is 1. The minimum atomic E-state index is -4.43. The first-order valence-corrected chi connectivity index (χ1v) is 9.92. The van der Waals surface area contributed by atoms with E-state index in [1.807, 2.05) is 13.8 Å². The van der Waals surface area contributed by atoms with Gasteiger partial charge in [-0.3, -0.25) is 9.69 Å². The van der Waals surface area contributed by atoms with E-state index in [-0.39, 0.29) is 35.8 Å². The van der Waals surface area contributed by atoms with Crippen LogP contribution in [0.5, 0.6) is 11.5 Å². The molecular weight excluding hydrogens is 399 g/mol. The zero-order valence-corrected chi connectivity index (χ0v) is 17.5. The second-order valence-corrected chi connectivity index (χ2v) is 7.62. The van der Waals surface area contributed by atoms with Crippen LogP contribution in [-0.2, 0) is 11.2 Å². The van der Waals surface area contributed by atoms with Gasteiger partial charge in [0.25, 0.3) is 0 Å². The summed E-state index contributed by atoms with van der Waals surface area (Å²) in [4.78, 5) is 16.5. The first kappa shape index (κ1) is 23.8. The Morgan fingerprint density at radius 3 is 2.40 bits per heavy atom. The number of piperazine rings is 1. The number of nitrogens with zero attached hydrogens (tertiary/aromatic N) is 3. The maximum Gasteiger partial charge on any atom is 0.422 e. The minimum Gasteiger partial charge on any atom is -0.493 e. The third-order valence-electron chi connectivity index (χ3n) is 5.07. The highest BCUT2D eigenvalue weighted by atomic mass is 19.4. The SMILES string of the molecule is COc1cc(CCC(=O)N2CCN(C(C#N)C(C)C)CC2)ccc1OCC(F)(F)F. The standard InChI is InChI=1S/C21H28F3N3O3/c1-15(2)17(13-25)26-8-10-27(11-9-26)20(28)7-5-16-4-6-18(19(12-16)29-3)30-14-21(22,23)24/h4,6,12,15,17H,5,7-11,14H2,1-3H3. The highest BCUT2D eigenvalue weighted by molar-refractivity contribution is 5.76. The summed E-state index contributed by atoms with van der Waals surface area (Å²) in [6.45, 7) is 5.13. The lowest BCUT2D eigenvalue weighted by atomic mass is 10.0. The van der Waals surface area contributed by atoms with Crippen LogP contribution in [0.15, 0.2) is 18.2 Å². The van der Waals surface area contributed by atoms with Gasteiger partial charge in [-0.25, -0.2) is 0 Å². The first-order valence-electron chi connectivity index (χ1n) is 9.92. The van der Waals surface area contributed by atoms with E-state index in [9.17, 15) is 23.2 Å². The number of hydrogen-bond donors (Lipinski definition) is 0. The van der Waals surface area contributed by atoms with Gasteiger partial charge in [0, 0.05) is 32.6 Å². The van der Waals surface area contributed by atoms with Gasteiger partial charge in [0.2, 0.25) is 5.91 Å². The number of ether oxygens (including phenoxy) is 2. The van der Waals surface area contributed by atoms with Crippen molar-refractivity contribution >= 4 is 5.91 Å². The first-order chi connectivity index (χ1) is 14.1. The summed E-state index contributed by atoms with van der Waals surface area (Å²) >= 11 is 0. The molecule has 1 saturated heterocycles. The van der Waals surface area contributed by atoms with Crippen LogP contribution in [0.3, 0.4) is 0 Å². The number of nitriles is 1. The molecule has 1 heterocycles. The fraction of sp³-hybridized carbons (Fsp3) is 0.619. The third kappa shape index (κ3) is 6.80. The Labute approximate surface area is 175 Å². The second kappa shape index (κ2) is 10.5. The molecule has 0 bridgehead atoms. The predicted molar refractivity (Wildman–Crippen MR) is 105 cm³/mol. The molecule has 1 aromatic carbocycles. The van der Waals surface area contributed by atoms with Crippen LogP contribution in [0, 0.1) is 17.2 Å². The molecule has 1 amide bonds. The van der Waals surface area contributed by atoms with Crippen LogP contribution in [-0.4, -0.2) is 67.8 Å². The lowest BCUT2D eigenvalue weighted by molar-refractivity contribution is -0.153. The molecule has 0 aliphatic carbocycles. The predicted octanol–water partition coefficient (Wildman–Crippen LogP) is 3.26. The zero-order chi connectivity index (χ0) is 22.3. The molecular formula is C21H28F3N3O3. The van der Waals surface area contributed by atoms with Gasteiger partial charge in [-0.2, -0.15) is 18.4 Å². The number of alkyl halides is 3. The molecule has 1 atom stereocenters. The number of hydrogen-bond acceptors (Lipinski definition) is 5. The van der Waals surface area contributed by atoms with Crippen molar-refractivity contribution in [3.8, 4) is 17.6 Å². The molecule has 6 nitrogen and oxygen atoms in total. The van der Waals surface area contributed by atoms with Crippen LogP contribution < -0.4 is 9.47 Å². The number of amides is 1. The average molecular weight is 427 g/mol. The van der Waals surface area contributed by atoms with Crippen molar-refractivity contribution in [2.45, 2.75) is 38.9 Å². The molecule has 2 rings (SSSR count). The molecule has 1 aliphatic rings. The Balaban J connectivity index is 1.87. The normalized spacial score (nSPS) is 16.3. The van der Waals surface area contributed by atoms with Crippen LogP contribution in [0.1, 0.15) is 25.8 Å². The number of benzene rings is 1. The largest absolute Gasteiger partial charge is 0.493 e. The maximum atomic E-state index is 12.5. The summed E-state index contributed by atoms with van der Waals surface area (Å²) in [7, 11) is 1.36. The van der Waals surface area contributed by atoms with Crippen molar-refractivity contribution < 1.29 is 27.4 Å². The fourth-order valence-corrected chi connectivity index (χ4v) is 3.46. The van der Waals surface area contributed by atoms with Crippen molar-refractivity contribution in [1.82, 2.24) is 9.80 Å². The van der Waals surface area contributed by atoms with E-state index >= 15 is 0 Å². The van der Waals surface area contributed by atoms with Gasteiger partial charge in [0.1, 0.15) is 6.04 Å². The quantitative estimate of drug-likeness (QED) is 0.637. The Kier molecular flexibility index (Phi) is 8.35. The number of aryl methyl sites for hydroxylation is 1. The molecule has 1 unspecified atom stereocenters. The summed E-state index contributed by atoms with van der Waals surface area (Å²) in [6.07, 6.45) is -3.69. The summed E-state index contributed by atoms with van der Waals surface area (Å²) in [5.41, 5.74) is 0.780. The lowest BCUT2D eigenvalue weighted by Crippen LogP contribution is -2.52. The summed E-state index contributed by atoms with van der Waals surface area (Å²) in [5.74, 6) is 0.464. The van der Waals surface area contributed by atoms with Gasteiger partial charge < -0.3 is 14.4 Å². The van der Waals surface area contributed by atoms with Gasteiger partial charge in [-0.05, 0) is 30.0 Å². The molecule has 0 N–H and O–H groups in total. The molecule has 0 aromatic heterocycles. The Hall–Kier alpha value is -2.47. The topological polar surface area (TPSA) is 65.8 Å². The zero-order valence-electron chi connectivity index (χ0n) is 17.5. The monoisotopic (exact) mass is 427 g/mol. The molecule has 0 radical (unpaired) electrons. The van der Waals surface area contributed by atoms with Crippen molar-refractivity contribution in [1.29, 1.82) is 5.26 Å². The average Bonchev–Trinajstić information content (AvgIpc) is 2.70. The van der Waals surface area contributed by atoms with E-state index in [0.717, 1.165) is 5.56 Å². The fourth-order valence-electron chi connectivity index (χ4n) is 3.46. The Bertz CT molecular complexity index is 754. The number of halogens is 3. The Morgan fingerprint density at radius 1 is 1.20 bits per heavy atom. The number of rotatable bonds is 8. The van der Waals surface area contributed by atoms with Gasteiger partial charge in [-0.1, -0.05) is 19.9 Å². The molecule has 1 aromatic rings. The van der Waals surface area contributed by atoms with Gasteiger partial charge in [0.05, 0.1) is 13.2 Å². The highest BCUT2D eigenvalue weighted by Gasteiger charge is 2.29. The highest BCUT2D eigenvalue weighted by Crippen LogP contribution is 2.30. The van der Waals surface area contributed by atoms with Crippen molar-refractivity contribution in [2.75, 3.05) is 39.9 Å². The van der Waals surface area contributed by atoms with E-state index in [1.54, 1.807) is 17.0 Å². The van der Waals surface area contributed by atoms with E-state index in [0.29, 0.717) is 32.6 Å². The van der Waals surface area contributed by atoms with E-state index in [2.05, 4.69) is 11.0 Å². The van der Waals surface area contributed by atoms with Gasteiger partial charge in [0.15, 0.2) is 18.1 Å². The molecule has 0 spiro atoms. The molecule has 1 fully saturated rings. The molecule has 166 valence electrons. The van der Waals surface area contributed by atoms with E-state index in [4.69, 9.17) is 9.47 Å². The summed E-state index contributed by atoms with van der Waals surface area (Å²) in [6, 6.07) is 6.85. The van der Waals surface area contributed by atoms with E-state index in [1.165, 1.54) is 13.2 Å². The summed E-state index contributed by atoms with van der Waals surface area (Å²) in [5, 5.41) is 9.32. The summed E-state index contributed by atoms with van der Waals surface area (Å²) < 4.78 is 46.9. The Morgan fingerprint density at radius 2 is 1.87 bits per heavy atom. The maximum absolute atomic E-state index is 12.5. The van der Waals surface area contributed by atoms with Crippen molar-refractivity contribution in [3.05, 3.63) is 23.8 Å². The second-order valence-electron chi connectivity index (χ2n) is 7.62. The third-order valence-corrected chi connectivity index (χ3v) is 5.07. The number of carbonyl (C=O) groups is 1. The number of methoxy groups -OCH3 is 1. The van der Waals surface area contributed by atoms with E-state index < -0.39 is 12.8 Å². The van der Waals surface area contributed by atoms with Gasteiger partial charge >= 0.3 is 6.18 Å². The van der Waals surface area contributed by atoms with Gasteiger partial charge in [-0.15, -0.1) is 0 Å². The smallest absolute Gasteiger partial charge is 0.422 e. The minimum absolute atomic E-state index is 0.0122. The lowest BCUT2D eigenvalue weighted by Gasteiger charge is -2.38. The van der Waals surface area contributed by atoms with Crippen molar-refractivity contribution in [3.63, 3.8) is 0 Å². The van der Waals surface area contributed by atoms with Crippen LogP contribution >= 0.6 is 0 Å². The molecule has 1 aliphatic heterocycles. The molecule has 9 heteroatoms.